The Labute approximate surface area is 183 Å². The van der Waals surface area contributed by atoms with Gasteiger partial charge in [-0.25, -0.2) is 8.42 Å². The molecule has 0 heterocycles. The summed E-state index contributed by atoms with van der Waals surface area (Å²) in [4.78, 5) is 13.1. The predicted octanol–water partition coefficient (Wildman–Crippen LogP) is 3.20. The third kappa shape index (κ3) is 4.35. The van der Waals surface area contributed by atoms with Crippen molar-refractivity contribution < 1.29 is 22.7 Å². The van der Waals surface area contributed by atoms with Gasteiger partial charge >= 0.3 is 0 Å². The number of sulfonamides is 1. The third-order valence-corrected chi connectivity index (χ3v) is 8.15. The van der Waals surface area contributed by atoms with Gasteiger partial charge in [0.25, 0.3) is 10.0 Å². The van der Waals surface area contributed by atoms with Crippen LogP contribution < -0.4 is 19.1 Å². The zero-order valence-corrected chi connectivity index (χ0v) is 18.6. The molecule has 0 spiro atoms. The summed E-state index contributed by atoms with van der Waals surface area (Å²) < 4.78 is 38.7. The topological polar surface area (TPSA) is 84.9 Å². The van der Waals surface area contributed by atoms with Gasteiger partial charge in [-0.3, -0.25) is 9.10 Å². The first-order valence-corrected chi connectivity index (χ1v) is 12.0. The van der Waals surface area contributed by atoms with E-state index in [0.29, 0.717) is 29.0 Å². The Bertz CT molecular complexity index is 1040. The number of hydrogen-bond acceptors (Lipinski definition) is 5. The molecule has 2 aliphatic carbocycles. The molecule has 3 atom stereocenters. The van der Waals surface area contributed by atoms with E-state index in [-0.39, 0.29) is 23.4 Å². The summed E-state index contributed by atoms with van der Waals surface area (Å²) in [6.07, 6.45) is 4.51. The number of carbonyl (C=O) groups excluding carboxylic acids is 1. The standard InChI is InChI=1S/C23H28N2O5S/c1-29-21-11-10-18(14-22(21)30-2)25(31(27,28)19-6-4-3-5-7-19)15-23(26)24-20-13-16-8-9-17(20)12-16/h3-7,10-11,14,16-17,20H,8-9,12-13,15H2,1-2H3,(H,24,26)/t16-,17+,20-/m1/s1. The first kappa shape index (κ1) is 21.5. The number of amides is 1. The van der Waals surface area contributed by atoms with Crippen LogP contribution in [0.4, 0.5) is 5.69 Å². The first-order chi connectivity index (χ1) is 14.9. The van der Waals surface area contributed by atoms with Crippen LogP contribution in [0.5, 0.6) is 11.5 Å². The van der Waals surface area contributed by atoms with Crippen molar-refractivity contribution in [3.8, 4) is 11.5 Å². The molecule has 7 nitrogen and oxygen atoms in total. The second-order valence-corrected chi connectivity index (χ2v) is 10.1. The van der Waals surface area contributed by atoms with Crippen LogP contribution in [0.3, 0.4) is 0 Å². The molecule has 0 unspecified atom stereocenters. The number of rotatable bonds is 8. The second-order valence-electron chi connectivity index (χ2n) is 8.21. The number of fused-ring (bicyclic) bond motifs is 2. The van der Waals surface area contributed by atoms with Crippen LogP contribution in [0.1, 0.15) is 25.7 Å². The van der Waals surface area contributed by atoms with Crippen molar-refractivity contribution in [1.29, 1.82) is 0 Å². The quantitative estimate of drug-likeness (QED) is 0.676. The van der Waals surface area contributed by atoms with Gasteiger partial charge in [-0.2, -0.15) is 0 Å². The number of benzene rings is 2. The number of carbonyl (C=O) groups is 1. The number of nitrogens with zero attached hydrogens (tertiary/aromatic N) is 1. The van der Waals surface area contributed by atoms with Gasteiger partial charge < -0.3 is 14.8 Å². The fourth-order valence-corrected chi connectivity index (χ4v) is 6.25. The molecule has 1 amide bonds. The molecule has 2 fully saturated rings. The molecule has 2 saturated carbocycles. The molecule has 8 heteroatoms. The van der Waals surface area contributed by atoms with Gasteiger partial charge in [0.15, 0.2) is 11.5 Å². The van der Waals surface area contributed by atoms with Crippen molar-refractivity contribution in [1.82, 2.24) is 5.32 Å². The fourth-order valence-electron chi connectivity index (χ4n) is 4.82. The Balaban J connectivity index is 1.63. The van der Waals surface area contributed by atoms with Gasteiger partial charge in [0.05, 0.1) is 24.8 Å². The molecule has 0 aliphatic heterocycles. The molecule has 1 N–H and O–H groups in total. The summed E-state index contributed by atoms with van der Waals surface area (Å²) in [5, 5.41) is 3.08. The zero-order valence-electron chi connectivity index (χ0n) is 17.8. The normalized spacial score (nSPS) is 22.2. The van der Waals surface area contributed by atoms with Crippen LogP contribution in [-0.2, 0) is 14.8 Å². The highest BCUT2D eigenvalue weighted by atomic mass is 32.2. The van der Waals surface area contributed by atoms with Crippen LogP contribution in [-0.4, -0.2) is 41.1 Å². The highest BCUT2D eigenvalue weighted by molar-refractivity contribution is 7.92. The van der Waals surface area contributed by atoms with Crippen molar-refractivity contribution in [3.63, 3.8) is 0 Å². The van der Waals surface area contributed by atoms with Gasteiger partial charge in [0, 0.05) is 12.1 Å². The highest BCUT2D eigenvalue weighted by Gasteiger charge is 2.40. The number of methoxy groups -OCH3 is 2. The van der Waals surface area contributed by atoms with E-state index in [0.717, 1.165) is 23.6 Å². The van der Waals surface area contributed by atoms with Gasteiger partial charge in [0.2, 0.25) is 5.91 Å². The van der Waals surface area contributed by atoms with Crippen molar-refractivity contribution in [3.05, 3.63) is 48.5 Å². The third-order valence-electron chi connectivity index (χ3n) is 6.36. The predicted molar refractivity (Wildman–Crippen MR) is 118 cm³/mol. The molecule has 4 rings (SSSR count). The highest BCUT2D eigenvalue weighted by Crippen LogP contribution is 2.44. The molecule has 0 radical (unpaired) electrons. The lowest BCUT2D eigenvalue weighted by Crippen LogP contribution is -2.46. The maximum Gasteiger partial charge on any atom is 0.264 e. The Morgan fingerprint density at radius 2 is 1.77 bits per heavy atom. The minimum absolute atomic E-state index is 0.123. The van der Waals surface area contributed by atoms with Crippen LogP contribution in [0.2, 0.25) is 0 Å². The van der Waals surface area contributed by atoms with Crippen molar-refractivity contribution in [2.45, 2.75) is 36.6 Å². The number of nitrogens with one attached hydrogen (secondary N) is 1. The largest absolute Gasteiger partial charge is 0.493 e. The van der Waals surface area contributed by atoms with E-state index in [1.54, 1.807) is 36.4 Å². The average Bonchev–Trinajstić information content (AvgIpc) is 3.41. The fraction of sp³-hybridized carbons (Fsp3) is 0.435. The summed E-state index contributed by atoms with van der Waals surface area (Å²) in [5.41, 5.74) is 0.338. The molecule has 0 saturated heterocycles. The molecule has 2 aliphatic rings. The van der Waals surface area contributed by atoms with E-state index < -0.39 is 10.0 Å². The lowest BCUT2D eigenvalue weighted by Gasteiger charge is -2.27. The first-order valence-electron chi connectivity index (χ1n) is 10.5. The van der Waals surface area contributed by atoms with Crippen LogP contribution in [0.25, 0.3) is 0 Å². The Morgan fingerprint density at radius 3 is 2.39 bits per heavy atom. The van der Waals surface area contributed by atoms with Crippen LogP contribution in [0.15, 0.2) is 53.4 Å². The van der Waals surface area contributed by atoms with E-state index in [4.69, 9.17) is 9.47 Å². The molecule has 31 heavy (non-hydrogen) atoms. The van der Waals surface area contributed by atoms with Gasteiger partial charge in [-0.05, 0) is 55.4 Å². The van der Waals surface area contributed by atoms with E-state index >= 15 is 0 Å². The van der Waals surface area contributed by atoms with E-state index in [2.05, 4.69) is 5.32 Å². The molecular weight excluding hydrogens is 416 g/mol. The Kier molecular flexibility index (Phi) is 6.09. The molecule has 2 aromatic rings. The molecular formula is C23H28N2O5S. The van der Waals surface area contributed by atoms with Crippen LogP contribution in [0, 0.1) is 11.8 Å². The molecule has 166 valence electrons. The van der Waals surface area contributed by atoms with Crippen molar-refractivity contribution in [2.24, 2.45) is 11.8 Å². The summed E-state index contributed by atoms with van der Waals surface area (Å²) in [5.74, 6) is 1.77. The van der Waals surface area contributed by atoms with Gasteiger partial charge in [0.1, 0.15) is 6.54 Å². The lowest BCUT2D eigenvalue weighted by atomic mass is 9.95. The second kappa shape index (κ2) is 8.78. The van der Waals surface area contributed by atoms with E-state index in [1.807, 2.05) is 0 Å². The number of hydrogen-bond donors (Lipinski definition) is 1. The minimum Gasteiger partial charge on any atom is -0.493 e. The van der Waals surface area contributed by atoms with Crippen molar-refractivity contribution in [2.75, 3.05) is 25.1 Å². The maximum atomic E-state index is 13.5. The SMILES string of the molecule is COc1ccc(N(CC(=O)N[C@@H]2C[C@@H]3CC[C@H]2C3)S(=O)(=O)c2ccccc2)cc1OC. The van der Waals surface area contributed by atoms with Crippen molar-refractivity contribution >= 4 is 21.6 Å². The molecule has 2 bridgehead atoms. The summed E-state index contributed by atoms with van der Waals surface area (Å²) in [6, 6.07) is 13.1. The van der Waals surface area contributed by atoms with E-state index in [9.17, 15) is 13.2 Å². The monoisotopic (exact) mass is 444 g/mol. The smallest absolute Gasteiger partial charge is 0.264 e. The Hall–Kier alpha value is -2.74. The van der Waals surface area contributed by atoms with E-state index in [1.165, 1.54) is 32.8 Å². The molecule has 0 aromatic heterocycles. The summed E-state index contributed by atoms with van der Waals surface area (Å²) >= 11 is 0. The van der Waals surface area contributed by atoms with Gasteiger partial charge in [-0.15, -0.1) is 0 Å². The zero-order chi connectivity index (χ0) is 22.0. The van der Waals surface area contributed by atoms with Gasteiger partial charge in [-0.1, -0.05) is 24.6 Å². The number of ether oxygens (including phenoxy) is 2. The summed E-state index contributed by atoms with van der Waals surface area (Å²) in [7, 11) is -0.963. The van der Waals surface area contributed by atoms with Crippen LogP contribution >= 0.6 is 0 Å². The number of anilines is 1. The lowest BCUT2D eigenvalue weighted by molar-refractivity contribution is -0.120. The summed E-state index contributed by atoms with van der Waals surface area (Å²) in [6.45, 7) is -0.305. The Morgan fingerprint density at radius 1 is 1.03 bits per heavy atom. The maximum absolute atomic E-state index is 13.5. The minimum atomic E-state index is -3.96. The average molecular weight is 445 g/mol. The molecule has 2 aromatic carbocycles.